The van der Waals surface area contributed by atoms with Gasteiger partial charge in [-0.2, -0.15) is 0 Å². The van der Waals surface area contributed by atoms with E-state index in [1.165, 1.54) is 57.6 Å². The summed E-state index contributed by atoms with van der Waals surface area (Å²) in [5, 5.41) is 0. The lowest BCUT2D eigenvalue weighted by molar-refractivity contribution is 0.0600. The van der Waals surface area contributed by atoms with Gasteiger partial charge in [0.2, 0.25) is 20.0 Å². The number of carbonyl (C=O) groups is 1. The van der Waals surface area contributed by atoms with Gasteiger partial charge < -0.3 is 4.74 Å². The Balaban J connectivity index is 2.41. The molecule has 8 nitrogen and oxygen atoms in total. The zero-order valence-corrected chi connectivity index (χ0v) is 17.6. The maximum absolute atomic E-state index is 12.3. The molecule has 0 aliphatic carbocycles. The molecule has 10 heteroatoms. The van der Waals surface area contributed by atoms with E-state index in [4.69, 9.17) is 0 Å². The Morgan fingerprint density at radius 3 is 2.11 bits per heavy atom. The van der Waals surface area contributed by atoms with Crippen LogP contribution in [0, 0.1) is 0 Å². The lowest BCUT2D eigenvalue weighted by Gasteiger charge is -2.23. The summed E-state index contributed by atoms with van der Waals surface area (Å²) in [7, 11) is -3.20. The van der Waals surface area contributed by atoms with E-state index in [9.17, 15) is 21.6 Å². The van der Waals surface area contributed by atoms with Crippen molar-refractivity contribution in [2.45, 2.75) is 11.4 Å². The lowest BCUT2D eigenvalue weighted by atomic mass is 10.2. The van der Waals surface area contributed by atoms with Crippen LogP contribution in [0.2, 0.25) is 0 Å². The largest absolute Gasteiger partial charge is 0.465 e. The molecule has 0 unspecified atom stereocenters. The highest BCUT2D eigenvalue weighted by molar-refractivity contribution is 7.92. The fourth-order valence-corrected chi connectivity index (χ4v) is 4.32. The van der Waals surface area contributed by atoms with Gasteiger partial charge in [-0.3, -0.25) is 4.31 Å². The van der Waals surface area contributed by atoms with Crippen LogP contribution in [0.25, 0.3) is 0 Å². The van der Waals surface area contributed by atoms with Gasteiger partial charge >= 0.3 is 5.97 Å². The quantitative estimate of drug-likeness (QED) is 0.625. The molecule has 0 spiro atoms. The molecule has 2 aromatic carbocycles. The lowest BCUT2D eigenvalue weighted by Crippen LogP contribution is -2.29. The first kappa shape index (κ1) is 21.9. The highest BCUT2D eigenvalue weighted by Crippen LogP contribution is 2.23. The third-order valence-electron chi connectivity index (χ3n) is 3.98. The molecule has 0 heterocycles. The van der Waals surface area contributed by atoms with Crippen LogP contribution in [0.4, 0.5) is 5.69 Å². The minimum absolute atomic E-state index is 0.0623. The van der Waals surface area contributed by atoms with Crippen LogP contribution in [0.5, 0.6) is 0 Å². The van der Waals surface area contributed by atoms with E-state index in [1.807, 2.05) is 0 Å². The first-order valence-electron chi connectivity index (χ1n) is 8.14. The summed E-state index contributed by atoms with van der Waals surface area (Å²) in [5.74, 6) is -0.529. The van der Waals surface area contributed by atoms with Crippen LogP contribution < -0.4 is 4.31 Å². The SMILES string of the molecule is COC(=O)c1ccc(N(Cc2cccc(S(=O)(=O)N(C)C)c2)S(C)(=O)=O)cc1. The molecule has 0 aliphatic heterocycles. The van der Waals surface area contributed by atoms with Gasteiger partial charge in [0.1, 0.15) is 0 Å². The molecular weight excluding hydrogens is 404 g/mol. The van der Waals surface area contributed by atoms with Gasteiger partial charge in [0.25, 0.3) is 0 Å². The summed E-state index contributed by atoms with van der Waals surface area (Å²) in [4.78, 5) is 11.6. The number of benzene rings is 2. The summed E-state index contributed by atoms with van der Waals surface area (Å²) >= 11 is 0. The molecule has 28 heavy (non-hydrogen) atoms. The second-order valence-electron chi connectivity index (χ2n) is 6.24. The second kappa shape index (κ2) is 8.29. The molecule has 0 atom stereocenters. The number of hydrogen-bond donors (Lipinski definition) is 0. The maximum atomic E-state index is 12.3. The van der Waals surface area contributed by atoms with Crippen LogP contribution in [0.1, 0.15) is 15.9 Å². The first-order chi connectivity index (χ1) is 13.0. The van der Waals surface area contributed by atoms with Crippen molar-refractivity contribution in [2.75, 3.05) is 31.8 Å². The van der Waals surface area contributed by atoms with Crippen molar-refractivity contribution in [3.8, 4) is 0 Å². The predicted octanol–water partition coefficient (Wildman–Crippen LogP) is 1.69. The van der Waals surface area contributed by atoms with Crippen LogP contribution in [0.3, 0.4) is 0 Å². The molecule has 2 aromatic rings. The van der Waals surface area contributed by atoms with E-state index in [-0.39, 0.29) is 11.4 Å². The van der Waals surface area contributed by atoms with Crippen molar-refractivity contribution in [3.63, 3.8) is 0 Å². The summed E-state index contributed by atoms with van der Waals surface area (Å²) in [6.07, 6.45) is 1.06. The second-order valence-corrected chi connectivity index (χ2v) is 10.3. The topological polar surface area (TPSA) is 101 Å². The number of carbonyl (C=O) groups excluding carboxylic acids is 1. The van der Waals surface area contributed by atoms with E-state index in [1.54, 1.807) is 12.1 Å². The van der Waals surface area contributed by atoms with Crippen molar-refractivity contribution < 1.29 is 26.4 Å². The number of methoxy groups -OCH3 is 1. The van der Waals surface area contributed by atoms with Gasteiger partial charge in [0.05, 0.1) is 36.1 Å². The van der Waals surface area contributed by atoms with Gasteiger partial charge in [0, 0.05) is 14.1 Å². The number of anilines is 1. The van der Waals surface area contributed by atoms with Gasteiger partial charge in [-0.1, -0.05) is 12.1 Å². The number of ether oxygens (including phenoxy) is 1. The fraction of sp³-hybridized carbons (Fsp3) is 0.278. The molecule has 0 fully saturated rings. The molecule has 0 saturated carbocycles. The van der Waals surface area contributed by atoms with E-state index in [2.05, 4.69) is 4.74 Å². The number of rotatable bonds is 7. The molecule has 0 amide bonds. The Kier molecular flexibility index (Phi) is 6.48. The van der Waals surface area contributed by atoms with Crippen molar-refractivity contribution >= 4 is 31.7 Å². The monoisotopic (exact) mass is 426 g/mol. The molecule has 0 saturated heterocycles. The Hall–Kier alpha value is -2.43. The molecule has 0 radical (unpaired) electrons. The van der Waals surface area contributed by atoms with Crippen LogP contribution in [-0.2, 0) is 31.3 Å². The van der Waals surface area contributed by atoms with Crippen LogP contribution in [0.15, 0.2) is 53.4 Å². The van der Waals surface area contributed by atoms with Crippen LogP contribution in [-0.4, -0.2) is 54.6 Å². The van der Waals surface area contributed by atoms with Crippen molar-refractivity contribution in [3.05, 3.63) is 59.7 Å². The first-order valence-corrected chi connectivity index (χ1v) is 11.4. The molecular formula is C18H22N2O6S2. The van der Waals surface area contributed by atoms with Crippen molar-refractivity contribution in [1.82, 2.24) is 4.31 Å². The summed E-state index contributed by atoms with van der Waals surface area (Å²) in [6, 6.07) is 12.0. The van der Waals surface area contributed by atoms with Crippen molar-refractivity contribution in [2.24, 2.45) is 0 Å². The third-order valence-corrected chi connectivity index (χ3v) is 6.93. The molecule has 152 valence electrons. The Bertz CT molecular complexity index is 1060. The van der Waals surface area contributed by atoms with Gasteiger partial charge in [-0.05, 0) is 42.0 Å². The number of esters is 1. The van der Waals surface area contributed by atoms with Crippen LogP contribution >= 0.6 is 0 Å². The highest BCUT2D eigenvalue weighted by Gasteiger charge is 2.21. The average molecular weight is 427 g/mol. The maximum Gasteiger partial charge on any atom is 0.337 e. The molecule has 0 aliphatic rings. The summed E-state index contributed by atoms with van der Waals surface area (Å²) in [5.41, 5.74) is 1.14. The molecule has 2 rings (SSSR count). The van der Waals surface area contributed by atoms with Gasteiger partial charge in [-0.25, -0.2) is 25.9 Å². The average Bonchev–Trinajstić information content (AvgIpc) is 2.65. The highest BCUT2D eigenvalue weighted by atomic mass is 32.2. The zero-order chi connectivity index (χ0) is 21.1. The van der Waals surface area contributed by atoms with E-state index < -0.39 is 26.0 Å². The Morgan fingerprint density at radius 2 is 1.61 bits per heavy atom. The molecule has 0 N–H and O–H groups in total. The minimum atomic E-state index is -3.66. The smallest absolute Gasteiger partial charge is 0.337 e. The van der Waals surface area contributed by atoms with Gasteiger partial charge in [-0.15, -0.1) is 0 Å². The van der Waals surface area contributed by atoms with Crippen molar-refractivity contribution in [1.29, 1.82) is 0 Å². The molecule has 0 aromatic heterocycles. The Morgan fingerprint density at radius 1 is 1.00 bits per heavy atom. The zero-order valence-electron chi connectivity index (χ0n) is 16.0. The summed E-state index contributed by atoms with van der Waals surface area (Å²) in [6.45, 7) is -0.0623. The van der Waals surface area contributed by atoms with E-state index in [0.29, 0.717) is 16.8 Å². The standard InChI is InChI=1S/C18H22N2O6S2/c1-19(2)28(24,25)17-7-5-6-14(12-17)13-20(27(4,22)23)16-10-8-15(9-11-16)18(21)26-3/h5-12H,13H2,1-4H3. The van der Waals surface area contributed by atoms with E-state index in [0.717, 1.165) is 14.9 Å². The van der Waals surface area contributed by atoms with Gasteiger partial charge in [0.15, 0.2) is 0 Å². The third kappa shape index (κ3) is 4.89. The Labute approximate surface area is 165 Å². The van der Waals surface area contributed by atoms with E-state index >= 15 is 0 Å². The predicted molar refractivity (Wildman–Crippen MR) is 106 cm³/mol. The number of nitrogens with zero attached hydrogens (tertiary/aromatic N) is 2. The fourth-order valence-electron chi connectivity index (χ4n) is 2.46. The number of hydrogen-bond acceptors (Lipinski definition) is 6. The minimum Gasteiger partial charge on any atom is -0.465 e. The number of sulfonamides is 2. The normalized spacial score (nSPS) is 12.0. The molecule has 0 bridgehead atoms. The summed E-state index contributed by atoms with van der Waals surface area (Å²) < 4.78 is 56.1.